The summed E-state index contributed by atoms with van der Waals surface area (Å²) in [5, 5.41) is 4.01. The number of nitrogens with one attached hydrogen (secondary N) is 1. The molecular formula is C16H11ClF4N4. The summed E-state index contributed by atoms with van der Waals surface area (Å²) in [6.45, 7) is 0.265. The summed E-state index contributed by atoms with van der Waals surface area (Å²) >= 11 is 5.91. The zero-order chi connectivity index (χ0) is 18.0. The van der Waals surface area contributed by atoms with Gasteiger partial charge < -0.3 is 5.32 Å². The van der Waals surface area contributed by atoms with Gasteiger partial charge in [-0.1, -0.05) is 17.7 Å². The van der Waals surface area contributed by atoms with Gasteiger partial charge in [0.2, 0.25) is 0 Å². The Bertz CT molecular complexity index is 914. The highest BCUT2D eigenvalue weighted by Crippen LogP contribution is 2.30. The van der Waals surface area contributed by atoms with Crippen molar-refractivity contribution in [1.82, 2.24) is 15.0 Å². The van der Waals surface area contributed by atoms with Crippen LogP contribution in [0.1, 0.15) is 11.1 Å². The van der Waals surface area contributed by atoms with Gasteiger partial charge in [0.1, 0.15) is 18.0 Å². The summed E-state index contributed by atoms with van der Waals surface area (Å²) in [6, 6.07) is 4.14. The molecule has 0 saturated heterocycles. The number of fused-ring (bicyclic) bond motifs is 1. The number of hydrogen-bond donors (Lipinski definition) is 1. The average molecular weight is 371 g/mol. The van der Waals surface area contributed by atoms with Crippen LogP contribution in [0.2, 0.25) is 5.02 Å². The Morgan fingerprint density at radius 1 is 1.08 bits per heavy atom. The minimum Gasteiger partial charge on any atom is -0.369 e. The maximum absolute atomic E-state index is 13.8. The predicted octanol–water partition coefficient (Wildman–Crippen LogP) is 4.49. The van der Waals surface area contributed by atoms with Crippen LogP contribution in [0.25, 0.3) is 11.0 Å². The SMILES string of the molecule is Fc1cc(C(F)(F)F)ccc1CCNc1ncnc2ncc(Cl)cc12. The Balaban J connectivity index is 1.72. The van der Waals surface area contributed by atoms with Crippen LogP contribution >= 0.6 is 11.6 Å². The van der Waals surface area contributed by atoms with Gasteiger partial charge in [-0.3, -0.25) is 0 Å². The fourth-order valence-corrected chi connectivity index (χ4v) is 2.46. The number of hydrogen-bond acceptors (Lipinski definition) is 4. The first kappa shape index (κ1) is 17.3. The molecule has 0 aliphatic rings. The number of alkyl halides is 3. The molecule has 1 aromatic carbocycles. The Morgan fingerprint density at radius 3 is 2.60 bits per heavy atom. The van der Waals surface area contributed by atoms with E-state index in [4.69, 9.17) is 11.6 Å². The summed E-state index contributed by atoms with van der Waals surface area (Å²) in [7, 11) is 0. The van der Waals surface area contributed by atoms with E-state index >= 15 is 0 Å². The smallest absolute Gasteiger partial charge is 0.369 e. The van der Waals surface area contributed by atoms with Crippen LogP contribution in [0.5, 0.6) is 0 Å². The molecule has 9 heteroatoms. The van der Waals surface area contributed by atoms with E-state index in [1.165, 1.54) is 12.5 Å². The van der Waals surface area contributed by atoms with E-state index in [2.05, 4.69) is 20.3 Å². The maximum atomic E-state index is 13.8. The van der Waals surface area contributed by atoms with Crippen LogP contribution in [0.15, 0.2) is 36.8 Å². The van der Waals surface area contributed by atoms with Crippen molar-refractivity contribution in [2.75, 3.05) is 11.9 Å². The first-order valence-electron chi connectivity index (χ1n) is 7.20. The molecule has 0 saturated carbocycles. The van der Waals surface area contributed by atoms with E-state index in [9.17, 15) is 17.6 Å². The average Bonchev–Trinajstić information content (AvgIpc) is 2.55. The first-order valence-corrected chi connectivity index (χ1v) is 7.58. The largest absolute Gasteiger partial charge is 0.416 e. The number of nitrogens with zero attached hydrogens (tertiary/aromatic N) is 3. The van der Waals surface area contributed by atoms with Crippen molar-refractivity contribution in [1.29, 1.82) is 0 Å². The third kappa shape index (κ3) is 3.96. The maximum Gasteiger partial charge on any atom is 0.416 e. The molecule has 0 fully saturated rings. The van der Waals surface area contributed by atoms with Gasteiger partial charge in [-0.2, -0.15) is 13.2 Å². The summed E-state index contributed by atoms with van der Waals surface area (Å²) in [6.07, 6.45) is -1.60. The Hall–Kier alpha value is -2.48. The molecule has 0 spiro atoms. The topological polar surface area (TPSA) is 50.7 Å². The number of rotatable bonds is 4. The molecule has 0 radical (unpaired) electrons. The van der Waals surface area contributed by atoms with Crippen molar-refractivity contribution in [3.8, 4) is 0 Å². The Labute approximate surface area is 144 Å². The van der Waals surface area contributed by atoms with Gasteiger partial charge in [0.25, 0.3) is 0 Å². The molecule has 2 aromatic heterocycles. The summed E-state index contributed by atoms with van der Waals surface area (Å²) in [4.78, 5) is 12.2. The van der Waals surface area contributed by atoms with Crippen molar-refractivity contribution in [3.63, 3.8) is 0 Å². The molecule has 3 aromatic rings. The second-order valence-corrected chi connectivity index (χ2v) is 5.66. The molecule has 2 heterocycles. The molecule has 130 valence electrons. The summed E-state index contributed by atoms with van der Waals surface area (Å²) in [5.41, 5.74) is -0.387. The van der Waals surface area contributed by atoms with Crippen LogP contribution in [-0.2, 0) is 12.6 Å². The van der Waals surface area contributed by atoms with E-state index in [0.29, 0.717) is 27.9 Å². The molecule has 25 heavy (non-hydrogen) atoms. The normalized spacial score (nSPS) is 11.7. The van der Waals surface area contributed by atoms with Crippen molar-refractivity contribution in [2.24, 2.45) is 0 Å². The van der Waals surface area contributed by atoms with Gasteiger partial charge in [-0.05, 0) is 30.2 Å². The first-order chi connectivity index (χ1) is 11.8. The highest BCUT2D eigenvalue weighted by molar-refractivity contribution is 6.31. The number of aromatic nitrogens is 3. The highest BCUT2D eigenvalue weighted by atomic mass is 35.5. The van der Waals surface area contributed by atoms with Crippen molar-refractivity contribution < 1.29 is 17.6 Å². The molecule has 0 unspecified atom stereocenters. The Morgan fingerprint density at radius 2 is 1.88 bits per heavy atom. The molecule has 0 atom stereocenters. The number of pyridine rings is 1. The van der Waals surface area contributed by atoms with Gasteiger partial charge >= 0.3 is 6.18 Å². The third-order valence-corrected chi connectivity index (χ3v) is 3.73. The van der Waals surface area contributed by atoms with Crippen LogP contribution in [-0.4, -0.2) is 21.5 Å². The Kier molecular flexibility index (Phi) is 4.71. The fourth-order valence-electron chi connectivity index (χ4n) is 2.30. The summed E-state index contributed by atoms with van der Waals surface area (Å²) < 4.78 is 51.5. The molecule has 4 nitrogen and oxygen atoms in total. The van der Waals surface area contributed by atoms with E-state index in [0.717, 1.165) is 12.1 Å². The number of anilines is 1. The third-order valence-electron chi connectivity index (χ3n) is 3.52. The molecule has 0 amide bonds. The van der Waals surface area contributed by atoms with E-state index in [-0.39, 0.29) is 18.5 Å². The lowest BCUT2D eigenvalue weighted by molar-refractivity contribution is -0.137. The molecule has 3 rings (SSSR count). The van der Waals surface area contributed by atoms with Gasteiger partial charge in [0, 0.05) is 12.7 Å². The second kappa shape index (κ2) is 6.79. The quantitative estimate of drug-likeness (QED) is 0.687. The van der Waals surface area contributed by atoms with Crippen molar-refractivity contribution in [3.05, 3.63) is 58.8 Å². The van der Waals surface area contributed by atoms with Gasteiger partial charge in [0.05, 0.1) is 16.0 Å². The fraction of sp³-hybridized carbons (Fsp3) is 0.188. The lowest BCUT2D eigenvalue weighted by Gasteiger charge is -2.11. The highest BCUT2D eigenvalue weighted by Gasteiger charge is 2.31. The number of benzene rings is 1. The zero-order valence-corrected chi connectivity index (χ0v) is 13.4. The van der Waals surface area contributed by atoms with Crippen LogP contribution in [0, 0.1) is 5.82 Å². The lowest BCUT2D eigenvalue weighted by Crippen LogP contribution is -2.10. The predicted molar refractivity (Wildman–Crippen MR) is 85.9 cm³/mol. The van der Waals surface area contributed by atoms with Crippen molar-refractivity contribution >= 4 is 28.5 Å². The van der Waals surface area contributed by atoms with Gasteiger partial charge in [0.15, 0.2) is 5.65 Å². The zero-order valence-electron chi connectivity index (χ0n) is 12.6. The van der Waals surface area contributed by atoms with Crippen LogP contribution in [0.3, 0.4) is 0 Å². The molecule has 0 bridgehead atoms. The van der Waals surface area contributed by atoms with E-state index < -0.39 is 17.6 Å². The summed E-state index contributed by atoms with van der Waals surface area (Å²) in [5.74, 6) is -0.429. The van der Waals surface area contributed by atoms with Crippen molar-refractivity contribution in [2.45, 2.75) is 12.6 Å². The molecule has 0 aliphatic heterocycles. The lowest BCUT2D eigenvalue weighted by atomic mass is 10.1. The van der Waals surface area contributed by atoms with Crippen LogP contribution in [0.4, 0.5) is 23.4 Å². The van der Waals surface area contributed by atoms with Gasteiger partial charge in [-0.25, -0.2) is 19.3 Å². The minimum atomic E-state index is -4.57. The van der Waals surface area contributed by atoms with E-state index in [1.54, 1.807) is 6.07 Å². The molecular weight excluding hydrogens is 360 g/mol. The number of halogens is 5. The molecule has 1 N–H and O–H groups in total. The van der Waals surface area contributed by atoms with E-state index in [1.807, 2.05) is 0 Å². The monoisotopic (exact) mass is 370 g/mol. The van der Waals surface area contributed by atoms with Crippen LogP contribution < -0.4 is 5.32 Å². The molecule has 0 aliphatic carbocycles. The van der Waals surface area contributed by atoms with Gasteiger partial charge in [-0.15, -0.1) is 0 Å². The second-order valence-electron chi connectivity index (χ2n) is 5.23. The minimum absolute atomic E-state index is 0.176. The standard InChI is InChI=1S/C16H11ClF4N4/c17-11-6-12-14(24-8-25-15(12)23-7-11)22-4-3-9-1-2-10(5-13(9)18)16(19,20)21/h1-2,5-8H,3-4H2,(H,22,23,24,25).